The van der Waals surface area contributed by atoms with Gasteiger partial charge in [-0.1, -0.05) is 25.3 Å². The number of hydrogen-bond donors (Lipinski definition) is 2. The van der Waals surface area contributed by atoms with Gasteiger partial charge in [-0.05, 0) is 37.5 Å². The Morgan fingerprint density at radius 3 is 2.30 bits per heavy atom. The van der Waals surface area contributed by atoms with E-state index in [1.165, 1.54) is 12.1 Å². The summed E-state index contributed by atoms with van der Waals surface area (Å²) in [6, 6.07) is 4.37. The molecule has 2 rings (SSSR count). The highest BCUT2D eigenvalue weighted by atomic mass is 32.2. The highest BCUT2D eigenvalue weighted by Gasteiger charge is 2.41. The van der Waals surface area contributed by atoms with Crippen LogP contribution in [0.2, 0.25) is 0 Å². The summed E-state index contributed by atoms with van der Waals surface area (Å²) in [7, 11) is -3.45. The molecule has 1 saturated carbocycles. The number of aryl methyl sites for hydroxylation is 1. The van der Waals surface area contributed by atoms with Crippen molar-refractivity contribution in [1.82, 2.24) is 5.32 Å². The molecule has 1 fully saturated rings. The fourth-order valence-corrected chi connectivity index (χ4v) is 3.97. The maximum atomic E-state index is 12.4. The fourth-order valence-electron chi connectivity index (χ4n) is 2.98. The highest BCUT2D eigenvalue weighted by Crippen LogP contribution is 2.29. The first-order valence-corrected chi connectivity index (χ1v) is 9.41. The lowest BCUT2D eigenvalue weighted by atomic mass is 9.81. The molecule has 0 aromatic heterocycles. The Labute approximate surface area is 135 Å². The van der Waals surface area contributed by atoms with E-state index in [9.17, 15) is 23.1 Å². The van der Waals surface area contributed by atoms with Gasteiger partial charge in [-0.25, -0.2) is 13.2 Å². The quantitative estimate of drug-likeness (QED) is 0.873. The van der Waals surface area contributed by atoms with E-state index >= 15 is 0 Å². The van der Waals surface area contributed by atoms with Crippen LogP contribution in [0, 0.1) is 6.92 Å². The van der Waals surface area contributed by atoms with Gasteiger partial charge < -0.3 is 10.4 Å². The maximum absolute atomic E-state index is 12.4. The van der Waals surface area contributed by atoms with E-state index in [2.05, 4.69) is 5.32 Å². The Kier molecular flexibility index (Phi) is 4.79. The Balaban J connectivity index is 2.32. The average Bonchev–Trinajstić information content (AvgIpc) is 2.47. The van der Waals surface area contributed by atoms with Gasteiger partial charge in [0.1, 0.15) is 5.54 Å². The second kappa shape index (κ2) is 6.31. The maximum Gasteiger partial charge on any atom is 0.329 e. The van der Waals surface area contributed by atoms with Gasteiger partial charge >= 0.3 is 5.97 Å². The minimum atomic E-state index is -3.45. The lowest BCUT2D eigenvalue weighted by Crippen LogP contribution is -2.55. The monoisotopic (exact) mass is 339 g/mol. The first-order chi connectivity index (χ1) is 10.7. The zero-order chi connectivity index (χ0) is 17.3. The lowest BCUT2D eigenvalue weighted by molar-refractivity contribution is -0.145. The Morgan fingerprint density at radius 1 is 1.17 bits per heavy atom. The molecule has 0 saturated heterocycles. The summed E-state index contributed by atoms with van der Waals surface area (Å²) in [5.41, 5.74) is -0.553. The molecule has 7 heteroatoms. The molecule has 0 bridgehead atoms. The molecule has 23 heavy (non-hydrogen) atoms. The van der Waals surface area contributed by atoms with Crippen molar-refractivity contribution in [2.24, 2.45) is 0 Å². The van der Waals surface area contributed by atoms with E-state index in [-0.39, 0.29) is 10.5 Å². The van der Waals surface area contributed by atoms with Crippen LogP contribution < -0.4 is 5.32 Å². The third kappa shape index (κ3) is 3.72. The van der Waals surface area contributed by atoms with Gasteiger partial charge in [-0.2, -0.15) is 0 Å². The van der Waals surface area contributed by atoms with Crippen LogP contribution in [0.5, 0.6) is 0 Å². The summed E-state index contributed by atoms with van der Waals surface area (Å²) in [6.45, 7) is 1.65. The van der Waals surface area contributed by atoms with Crippen LogP contribution >= 0.6 is 0 Å². The zero-order valence-electron chi connectivity index (χ0n) is 13.3. The van der Waals surface area contributed by atoms with Crippen molar-refractivity contribution in [2.45, 2.75) is 49.5 Å². The second-order valence-corrected chi connectivity index (χ2v) is 8.14. The van der Waals surface area contributed by atoms with Crippen LogP contribution in [0.25, 0.3) is 0 Å². The minimum Gasteiger partial charge on any atom is -0.480 e. The van der Waals surface area contributed by atoms with Crippen LogP contribution in [-0.2, 0) is 14.6 Å². The van der Waals surface area contributed by atoms with Gasteiger partial charge in [0.2, 0.25) is 0 Å². The normalized spacial score (nSPS) is 17.5. The van der Waals surface area contributed by atoms with Gasteiger partial charge in [0.15, 0.2) is 9.84 Å². The third-order valence-corrected chi connectivity index (χ3v) is 5.56. The van der Waals surface area contributed by atoms with Crippen LogP contribution in [0.1, 0.15) is 48.0 Å². The molecule has 0 heterocycles. The van der Waals surface area contributed by atoms with E-state index in [0.717, 1.165) is 25.5 Å². The Hall–Kier alpha value is -1.89. The number of carbonyl (C=O) groups excluding carboxylic acids is 1. The van der Waals surface area contributed by atoms with Crippen molar-refractivity contribution < 1.29 is 23.1 Å². The molecule has 0 spiro atoms. The van der Waals surface area contributed by atoms with E-state index in [1.54, 1.807) is 13.0 Å². The zero-order valence-corrected chi connectivity index (χ0v) is 14.1. The Bertz CT molecular complexity index is 733. The summed E-state index contributed by atoms with van der Waals surface area (Å²) < 4.78 is 23.5. The Morgan fingerprint density at radius 2 is 1.78 bits per heavy atom. The molecule has 0 atom stereocenters. The van der Waals surface area contributed by atoms with Gasteiger partial charge in [0.25, 0.3) is 5.91 Å². The van der Waals surface area contributed by atoms with E-state index in [4.69, 9.17) is 0 Å². The van der Waals surface area contributed by atoms with Gasteiger partial charge in [0, 0.05) is 11.8 Å². The van der Waals surface area contributed by atoms with E-state index < -0.39 is 27.3 Å². The van der Waals surface area contributed by atoms with Gasteiger partial charge in [-0.3, -0.25) is 4.79 Å². The molecule has 0 unspecified atom stereocenters. The molecule has 1 aromatic rings. The SMILES string of the molecule is Cc1ccc(C(=O)NC2(C(=O)O)CCCCC2)cc1S(C)(=O)=O. The van der Waals surface area contributed by atoms with Crippen molar-refractivity contribution in [1.29, 1.82) is 0 Å². The van der Waals surface area contributed by atoms with Crippen molar-refractivity contribution in [2.75, 3.05) is 6.26 Å². The second-order valence-electron chi connectivity index (χ2n) is 6.15. The number of sulfone groups is 1. The van der Waals surface area contributed by atoms with E-state index in [0.29, 0.717) is 18.4 Å². The van der Waals surface area contributed by atoms with Crippen LogP contribution in [0.4, 0.5) is 0 Å². The largest absolute Gasteiger partial charge is 0.480 e. The number of aliphatic carboxylic acids is 1. The van der Waals surface area contributed by atoms with Crippen molar-refractivity contribution in [3.05, 3.63) is 29.3 Å². The molecule has 1 amide bonds. The minimum absolute atomic E-state index is 0.0816. The number of nitrogens with one attached hydrogen (secondary N) is 1. The number of carbonyl (C=O) groups is 2. The molecule has 1 aliphatic carbocycles. The predicted octanol–water partition coefficient (Wildman–Crippen LogP) is 1.92. The van der Waals surface area contributed by atoms with Crippen molar-refractivity contribution in [3.8, 4) is 0 Å². The van der Waals surface area contributed by atoms with Crippen LogP contribution in [0.3, 0.4) is 0 Å². The molecular weight excluding hydrogens is 318 g/mol. The predicted molar refractivity (Wildman–Crippen MR) is 85.2 cm³/mol. The molecular formula is C16H21NO5S. The molecule has 126 valence electrons. The number of carboxylic acid groups (broad SMARTS) is 1. The summed E-state index contributed by atoms with van der Waals surface area (Å²) in [5, 5.41) is 12.1. The van der Waals surface area contributed by atoms with Crippen molar-refractivity contribution >= 4 is 21.7 Å². The molecule has 6 nitrogen and oxygen atoms in total. The molecule has 1 aliphatic rings. The number of amides is 1. The summed E-state index contributed by atoms with van der Waals surface area (Å²) >= 11 is 0. The first-order valence-electron chi connectivity index (χ1n) is 7.52. The van der Waals surface area contributed by atoms with Crippen LogP contribution in [-0.4, -0.2) is 37.2 Å². The molecule has 0 aliphatic heterocycles. The molecule has 0 radical (unpaired) electrons. The molecule has 2 N–H and O–H groups in total. The first kappa shape index (κ1) is 17.5. The van der Waals surface area contributed by atoms with Gasteiger partial charge in [-0.15, -0.1) is 0 Å². The average molecular weight is 339 g/mol. The number of hydrogen-bond acceptors (Lipinski definition) is 4. The van der Waals surface area contributed by atoms with Crippen LogP contribution in [0.15, 0.2) is 23.1 Å². The van der Waals surface area contributed by atoms with Crippen molar-refractivity contribution in [3.63, 3.8) is 0 Å². The molecule has 1 aromatic carbocycles. The smallest absolute Gasteiger partial charge is 0.329 e. The third-order valence-electron chi connectivity index (χ3n) is 4.32. The van der Waals surface area contributed by atoms with Gasteiger partial charge in [0.05, 0.1) is 4.90 Å². The summed E-state index contributed by atoms with van der Waals surface area (Å²) in [6.07, 6.45) is 4.30. The lowest BCUT2D eigenvalue weighted by Gasteiger charge is -2.34. The highest BCUT2D eigenvalue weighted by molar-refractivity contribution is 7.90. The summed E-state index contributed by atoms with van der Waals surface area (Å²) in [4.78, 5) is 24.1. The summed E-state index contributed by atoms with van der Waals surface area (Å²) in [5.74, 6) is -1.60. The number of carboxylic acids is 1. The number of benzene rings is 1. The van der Waals surface area contributed by atoms with E-state index in [1.807, 2.05) is 0 Å². The number of rotatable bonds is 4. The standard InChI is InChI=1S/C16H21NO5S/c1-11-6-7-12(10-13(11)23(2,21)22)14(18)17-16(15(19)20)8-4-3-5-9-16/h6-7,10H,3-5,8-9H2,1-2H3,(H,17,18)(H,19,20). The topological polar surface area (TPSA) is 101 Å². The fraction of sp³-hybridized carbons (Fsp3) is 0.500.